The van der Waals surface area contributed by atoms with Crippen LogP contribution in [0, 0.1) is 0 Å². The van der Waals surface area contributed by atoms with E-state index in [0.29, 0.717) is 19.3 Å². The molecule has 486 valence electrons. The maximum atomic E-state index is 12.9. The first kappa shape index (κ1) is 80.4. The molecule has 0 rings (SSSR count). The van der Waals surface area contributed by atoms with Crippen LogP contribution in [0.15, 0.2) is 48.6 Å². The minimum absolute atomic E-state index is 0.0664. The fourth-order valence-corrected chi connectivity index (χ4v) is 11.3. The van der Waals surface area contributed by atoms with Gasteiger partial charge < -0.3 is 14.2 Å². The monoisotopic (exact) mass is 1160 g/mol. The molecule has 0 bridgehead atoms. The predicted molar refractivity (Wildman–Crippen MR) is 362 cm³/mol. The van der Waals surface area contributed by atoms with Gasteiger partial charge in [0.25, 0.3) is 0 Å². The SMILES string of the molecule is CC/C=C\C/C=C\C/C=C\C/C=C\CCCCCCCCCCCCCCCCCCCCC(=O)OCC(COC(=O)CCCCCCCC)OC(=O)CCCCCCCCCCCCCCCCCCCCCCCCCCCCCC. The molecule has 0 aromatic rings. The Morgan fingerprint density at radius 1 is 0.253 bits per heavy atom. The molecule has 0 heterocycles. The smallest absolute Gasteiger partial charge is 0.306 e. The van der Waals surface area contributed by atoms with Gasteiger partial charge in [0.05, 0.1) is 0 Å². The molecule has 0 N–H and O–H groups in total. The van der Waals surface area contributed by atoms with Gasteiger partial charge in [-0.25, -0.2) is 0 Å². The summed E-state index contributed by atoms with van der Waals surface area (Å²) in [5.41, 5.74) is 0. The number of unbranched alkanes of at least 4 members (excludes halogenated alkanes) is 50. The summed E-state index contributed by atoms with van der Waals surface area (Å²) in [5.74, 6) is -0.847. The highest BCUT2D eigenvalue weighted by atomic mass is 16.6. The van der Waals surface area contributed by atoms with Crippen molar-refractivity contribution in [3.05, 3.63) is 48.6 Å². The minimum atomic E-state index is -0.767. The molecule has 0 saturated heterocycles. The lowest BCUT2D eigenvalue weighted by Gasteiger charge is -2.18. The van der Waals surface area contributed by atoms with Gasteiger partial charge >= 0.3 is 17.9 Å². The Balaban J connectivity index is 3.94. The van der Waals surface area contributed by atoms with Gasteiger partial charge in [0.15, 0.2) is 6.10 Å². The van der Waals surface area contributed by atoms with Gasteiger partial charge in [-0.1, -0.05) is 378 Å². The number of hydrogen-bond donors (Lipinski definition) is 0. The second-order valence-electron chi connectivity index (χ2n) is 25.2. The zero-order valence-electron chi connectivity index (χ0n) is 56.0. The van der Waals surface area contributed by atoms with Gasteiger partial charge in [-0.2, -0.15) is 0 Å². The lowest BCUT2D eigenvalue weighted by atomic mass is 10.0. The van der Waals surface area contributed by atoms with Crippen molar-refractivity contribution in [1.82, 2.24) is 0 Å². The maximum absolute atomic E-state index is 12.9. The first-order valence-electron chi connectivity index (χ1n) is 37.1. The van der Waals surface area contributed by atoms with E-state index in [9.17, 15) is 14.4 Å². The van der Waals surface area contributed by atoms with E-state index in [1.54, 1.807) is 0 Å². The molecule has 0 aliphatic rings. The van der Waals surface area contributed by atoms with E-state index in [2.05, 4.69) is 69.4 Å². The van der Waals surface area contributed by atoms with Gasteiger partial charge in [0.1, 0.15) is 13.2 Å². The van der Waals surface area contributed by atoms with Crippen molar-refractivity contribution in [3.8, 4) is 0 Å². The van der Waals surface area contributed by atoms with Crippen molar-refractivity contribution < 1.29 is 28.6 Å². The molecule has 6 nitrogen and oxygen atoms in total. The molecule has 0 aliphatic heterocycles. The number of ether oxygens (including phenoxy) is 3. The van der Waals surface area contributed by atoms with Crippen LogP contribution in [0.2, 0.25) is 0 Å². The number of rotatable bonds is 69. The van der Waals surface area contributed by atoms with E-state index in [1.165, 1.54) is 283 Å². The van der Waals surface area contributed by atoms with E-state index in [0.717, 1.165) is 83.5 Å². The molecule has 0 saturated carbocycles. The van der Waals surface area contributed by atoms with Gasteiger partial charge in [0.2, 0.25) is 0 Å². The van der Waals surface area contributed by atoms with E-state index in [4.69, 9.17) is 14.2 Å². The summed E-state index contributed by atoms with van der Waals surface area (Å²) in [6.45, 7) is 6.54. The molecule has 1 unspecified atom stereocenters. The first-order valence-corrected chi connectivity index (χ1v) is 37.1. The quantitative estimate of drug-likeness (QED) is 0.0261. The van der Waals surface area contributed by atoms with Gasteiger partial charge in [0, 0.05) is 19.3 Å². The summed E-state index contributed by atoms with van der Waals surface area (Å²) in [4.78, 5) is 38.2. The number of carbonyl (C=O) groups excluding carboxylic acids is 3. The molecule has 0 spiro atoms. The summed E-state index contributed by atoms with van der Waals surface area (Å²) in [6.07, 6.45) is 92.1. The molecule has 6 heteroatoms. The molecule has 0 aliphatic carbocycles. The number of carbonyl (C=O) groups is 3. The molecule has 0 fully saturated rings. The molecule has 1 atom stereocenters. The van der Waals surface area contributed by atoms with Crippen molar-refractivity contribution in [2.45, 2.75) is 412 Å². The number of hydrogen-bond acceptors (Lipinski definition) is 6. The highest BCUT2D eigenvalue weighted by molar-refractivity contribution is 5.71. The fraction of sp³-hybridized carbons (Fsp3) is 0.857. The average Bonchev–Trinajstić information content (AvgIpc) is 3.48. The van der Waals surface area contributed by atoms with Gasteiger partial charge in [-0.15, -0.1) is 0 Å². The third-order valence-electron chi connectivity index (χ3n) is 16.8. The van der Waals surface area contributed by atoms with Crippen LogP contribution in [-0.4, -0.2) is 37.2 Å². The lowest BCUT2D eigenvalue weighted by molar-refractivity contribution is -0.167. The molecule has 83 heavy (non-hydrogen) atoms. The normalized spacial score (nSPS) is 12.3. The average molecular weight is 1160 g/mol. The number of allylic oxidation sites excluding steroid dienone is 8. The Kier molecular flexibility index (Phi) is 69.6. The highest BCUT2D eigenvalue weighted by Crippen LogP contribution is 2.19. The summed E-state index contributed by atoms with van der Waals surface area (Å²) < 4.78 is 16.9. The van der Waals surface area contributed by atoms with Gasteiger partial charge in [-0.3, -0.25) is 14.4 Å². The highest BCUT2D eigenvalue weighted by Gasteiger charge is 2.19. The molecule has 0 aromatic carbocycles. The van der Waals surface area contributed by atoms with Crippen molar-refractivity contribution >= 4 is 17.9 Å². The van der Waals surface area contributed by atoms with Crippen LogP contribution >= 0.6 is 0 Å². The number of esters is 3. The Bertz CT molecular complexity index is 1430. The second-order valence-corrected chi connectivity index (χ2v) is 25.2. The first-order chi connectivity index (χ1) is 41.0. The molecular formula is C77H142O6. The van der Waals surface area contributed by atoms with E-state index >= 15 is 0 Å². The van der Waals surface area contributed by atoms with Crippen molar-refractivity contribution in [2.24, 2.45) is 0 Å². The topological polar surface area (TPSA) is 78.9 Å². The summed E-state index contributed by atoms with van der Waals surface area (Å²) >= 11 is 0. The van der Waals surface area contributed by atoms with E-state index < -0.39 is 6.10 Å². The van der Waals surface area contributed by atoms with Crippen LogP contribution in [0.4, 0.5) is 0 Å². The third-order valence-corrected chi connectivity index (χ3v) is 16.8. The Labute approximate surface area is 518 Å². The van der Waals surface area contributed by atoms with Crippen LogP contribution in [0.5, 0.6) is 0 Å². The Morgan fingerprint density at radius 3 is 0.735 bits per heavy atom. The fourth-order valence-electron chi connectivity index (χ4n) is 11.3. The summed E-state index contributed by atoms with van der Waals surface area (Å²) in [6, 6.07) is 0. The second kappa shape index (κ2) is 71.8. The Morgan fingerprint density at radius 2 is 0.470 bits per heavy atom. The predicted octanol–water partition coefficient (Wildman–Crippen LogP) is 25.7. The standard InChI is InChI=1S/C77H142O6/c1-4-7-10-13-16-18-20-22-24-26-28-30-32-34-36-38-39-40-42-43-45-47-49-51-53-55-57-59-61-64-67-70-76(79)82-73-74(72-81-75(78)69-66-63-15-12-9-6-3)83-77(80)71-68-65-62-60-58-56-54-52-50-48-46-44-41-37-35-33-31-29-27-25-23-21-19-17-14-11-8-5-2/h7,10,16,18,22,24,28,30,74H,4-6,8-9,11-15,17,19-21,23,25-27,29,31-73H2,1-3H3/b10-7-,18-16-,24-22-,30-28-. The van der Waals surface area contributed by atoms with Crippen LogP contribution < -0.4 is 0 Å². The van der Waals surface area contributed by atoms with Crippen molar-refractivity contribution in [2.75, 3.05) is 13.2 Å². The molecule has 0 radical (unpaired) electrons. The van der Waals surface area contributed by atoms with Crippen molar-refractivity contribution in [3.63, 3.8) is 0 Å². The summed E-state index contributed by atoms with van der Waals surface area (Å²) in [7, 11) is 0. The molecular weight excluding hydrogens is 1020 g/mol. The third kappa shape index (κ3) is 70.0. The van der Waals surface area contributed by atoms with E-state index in [-0.39, 0.29) is 31.1 Å². The molecule has 0 aromatic heterocycles. The minimum Gasteiger partial charge on any atom is -0.462 e. The maximum Gasteiger partial charge on any atom is 0.306 e. The van der Waals surface area contributed by atoms with Crippen LogP contribution in [-0.2, 0) is 28.6 Å². The van der Waals surface area contributed by atoms with Gasteiger partial charge in [-0.05, 0) is 57.8 Å². The van der Waals surface area contributed by atoms with Crippen LogP contribution in [0.25, 0.3) is 0 Å². The zero-order chi connectivity index (χ0) is 59.9. The zero-order valence-corrected chi connectivity index (χ0v) is 56.0. The summed E-state index contributed by atoms with van der Waals surface area (Å²) in [5, 5.41) is 0. The lowest BCUT2D eigenvalue weighted by Crippen LogP contribution is -2.30. The largest absolute Gasteiger partial charge is 0.462 e. The van der Waals surface area contributed by atoms with Crippen LogP contribution in [0.1, 0.15) is 406 Å². The van der Waals surface area contributed by atoms with Crippen LogP contribution in [0.3, 0.4) is 0 Å². The Hall–Kier alpha value is -2.63. The van der Waals surface area contributed by atoms with E-state index in [1.807, 2.05) is 0 Å². The molecule has 0 amide bonds. The van der Waals surface area contributed by atoms with Crippen molar-refractivity contribution in [1.29, 1.82) is 0 Å².